The first-order valence-corrected chi connectivity index (χ1v) is 11.5. The molecule has 30 heavy (non-hydrogen) atoms. The Hall–Kier alpha value is -2.50. The van der Waals surface area contributed by atoms with Crippen molar-refractivity contribution in [1.29, 1.82) is 0 Å². The summed E-state index contributed by atoms with van der Waals surface area (Å²) in [5.74, 6) is 0.708. The zero-order chi connectivity index (χ0) is 20.5. The van der Waals surface area contributed by atoms with Crippen LogP contribution in [-0.4, -0.2) is 41.4 Å². The zero-order valence-electron chi connectivity index (χ0n) is 16.8. The van der Waals surface area contributed by atoms with E-state index in [0.717, 1.165) is 43.7 Å². The molecule has 2 saturated heterocycles. The average molecular weight is 421 g/mol. The van der Waals surface area contributed by atoms with Crippen LogP contribution in [0.4, 0.5) is 4.39 Å². The van der Waals surface area contributed by atoms with Gasteiger partial charge < -0.3 is 4.90 Å². The third kappa shape index (κ3) is 3.80. The molecule has 5 rings (SSSR count). The SMILES string of the molecule is O=C(c1ccccc1)N1C[C@@H](c2ccsc2)[C@@H]2CN(Cc3cccc(F)c3)CC[C@@H]21. The number of piperidine rings is 1. The molecular formula is C25H25FN2OS. The van der Waals surface area contributed by atoms with E-state index in [-0.39, 0.29) is 17.8 Å². The van der Waals surface area contributed by atoms with Gasteiger partial charge in [-0.15, -0.1) is 0 Å². The van der Waals surface area contributed by atoms with Gasteiger partial charge in [0, 0.05) is 49.6 Å². The largest absolute Gasteiger partial charge is 0.335 e. The smallest absolute Gasteiger partial charge is 0.254 e. The molecule has 0 spiro atoms. The Kier molecular flexibility index (Phi) is 5.40. The third-order valence-electron chi connectivity index (χ3n) is 6.56. The maximum absolute atomic E-state index is 13.6. The topological polar surface area (TPSA) is 23.6 Å². The number of fused-ring (bicyclic) bond motifs is 1. The van der Waals surface area contributed by atoms with Crippen molar-refractivity contribution in [3.05, 3.63) is 93.9 Å². The number of halogens is 1. The second-order valence-electron chi connectivity index (χ2n) is 8.37. The second-order valence-corrected chi connectivity index (χ2v) is 9.15. The van der Waals surface area contributed by atoms with Gasteiger partial charge in [-0.05, 0) is 58.6 Å². The van der Waals surface area contributed by atoms with Gasteiger partial charge in [0.1, 0.15) is 5.82 Å². The summed E-state index contributed by atoms with van der Waals surface area (Å²) in [4.78, 5) is 17.8. The number of hydrogen-bond acceptors (Lipinski definition) is 3. The van der Waals surface area contributed by atoms with Crippen LogP contribution < -0.4 is 0 Å². The van der Waals surface area contributed by atoms with Gasteiger partial charge in [0.2, 0.25) is 0 Å². The van der Waals surface area contributed by atoms with Crippen LogP contribution in [-0.2, 0) is 6.54 Å². The fourth-order valence-corrected chi connectivity index (χ4v) is 5.89. The van der Waals surface area contributed by atoms with Crippen molar-refractivity contribution in [3.8, 4) is 0 Å². The fraction of sp³-hybridized carbons (Fsp3) is 0.320. The van der Waals surface area contributed by atoms with Gasteiger partial charge in [0.15, 0.2) is 0 Å². The van der Waals surface area contributed by atoms with Gasteiger partial charge >= 0.3 is 0 Å². The van der Waals surface area contributed by atoms with E-state index in [1.807, 2.05) is 36.4 Å². The molecule has 0 saturated carbocycles. The number of hydrogen-bond donors (Lipinski definition) is 0. The number of carbonyl (C=O) groups is 1. The molecule has 0 bridgehead atoms. The van der Waals surface area contributed by atoms with Crippen LogP contribution in [0.15, 0.2) is 71.4 Å². The summed E-state index contributed by atoms with van der Waals surface area (Å²) in [6.45, 7) is 3.38. The molecule has 2 aliphatic rings. The maximum Gasteiger partial charge on any atom is 0.254 e. The molecule has 0 unspecified atom stereocenters. The lowest BCUT2D eigenvalue weighted by atomic mass is 9.82. The van der Waals surface area contributed by atoms with Crippen LogP contribution in [0.3, 0.4) is 0 Å². The highest BCUT2D eigenvalue weighted by atomic mass is 32.1. The lowest BCUT2D eigenvalue weighted by Crippen LogP contribution is -2.47. The van der Waals surface area contributed by atoms with Gasteiger partial charge in [-0.1, -0.05) is 30.3 Å². The Balaban J connectivity index is 1.38. The molecule has 1 amide bonds. The number of amides is 1. The molecule has 0 aliphatic carbocycles. The van der Waals surface area contributed by atoms with Crippen molar-refractivity contribution < 1.29 is 9.18 Å². The lowest BCUT2D eigenvalue weighted by Gasteiger charge is -2.39. The van der Waals surface area contributed by atoms with Gasteiger partial charge in [-0.2, -0.15) is 11.3 Å². The van der Waals surface area contributed by atoms with Crippen molar-refractivity contribution >= 4 is 17.2 Å². The Morgan fingerprint density at radius 3 is 2.70 bits per heavy atom. The van der Waals surface area contributed by atoms with Crippen molar-refractivity contribution in [2.24, 2.45) is 5.92 Å². The summed E-state index contributed by atoms with van der Waals surface area (Å²) in [7, 11) is 0. The second kappa shape index (κ2) is 8.32. The summed E-state index contributed by atoms with van der Waals surface area (Å²) in [6, 6.07) is 19.0. The van der Waals surface area contributed by atoms with E-state index in [2.05, 4.69) is 26.6 Å². The van der Waals surface area contributed by atoms with E-state index in [1.54, 1.807) is 23.5 Å². The monoisotopic (exact) mass is 420 g/mol. The van der Waals surface area contributed by atoms with Gasteiger partial charge in [0.25, 0.3) is 5.91 Å². The number of rotatable bonds is 4. The first kappa shape index (κ1) is 19.5. The van der Waals surface area contributed by atoms with E-state index in [9.17, 15) is 9.18 Å². The van der Waals surface area contributed by atoms with Crippen molar-refractivity contribution in [2.45, 2.75) is 24.9 Å². The summed E-state index contributed by atoms with van der Waals surface area (Å²) in [5, 5.41) is 4.35. The molecule has 3 atom stereocenters. The number of carbonyl (C=O) groups excluding carboxylic acids is 1. The predicted octanol–water partition coefficient (Wildman–Crippen LogP) is 5.02. The summed E-state index contributed by atoms with van der Waals surface area (Å²) >= 11 is 1.72. The van der Waals surface area contributed by atoms with Crippen LogP contribution in [0.5, 0.6) is 0 Å². The van der Waals surface area contributed by atoms with Gasteiger partial charge in [-0.25, -0.2) is 4.39 Å². The average Bonchev–Trinajstić information content (AvgIpc) is 3.41. The zero-order valence-corrected chi connectivity index (χ0v) is 17.6. The molecule has 2 aliphatic heterocycles. The first-order valence-electron chi connectivity index (χ1n) is 10.5. The van der Waals surface area contributed by atoms with E-state index < -0.39 is 0 Å². The van der Waals surface area contributed by atoms with Gasteiger partial charge in [-0.3, -0.25) is 9.69 Å². The van der Waals surface area contributed by atoms with Crippen molar-refractivity contribution in [1.82, 2.24) is 9.80 Å². The Morgan fingerprint density at radius 1 is 1.07 bits per heavy atom. The predicted molar refractivity (Wildman–Crippen MR) is 118 cm³/mol. The Labute approximate surface area is 180 Å². The number of likely N-dealkylation sites (tertiary alicyclic amines) is 2. The minimum Gasteiger partial charge on any atom is -0.335 e. The van der Waals surface area contributed by atoms with Gasteiger partial charge in [0.05, 0.1) is 0 Å². The van der Waals surface area contributed by atoms with Crippen LogP contribution in [0.1, 0.15) is 33.8 Å². The highest BCUT2D eigenvalue weighted by Crippen LogP contribution is 2.42. The van der Waals surface area contributed by atoms with E-state index >= 15 is 0 Å². The minimum absolute atomic E-state index is 0.141. The summed E-state index contributed by atoms with van der Waals surface area (Å²) in [5.41, 5.74) is 3.12. The quantitative estimate of drug-likeness (QED) is 0.592. The molecule has 0 radical (unpaired) electrons. The number of thiophene rings is 1. The molecular weight excluding hydrogens is 395 g/mol. The highest BCUT2D eigenvalue weighted by molar-refractivity contribution is 7.08. The van der Waals surface area contributed by atoms with E-state index in [0.29, 0.717) is 11.8 Å². The molecule has 3 heterocycles. The summed E-state index contributed by atoms with van der Waals surface area (Å²) < 4.78 is 13.6. The van der Waals surface area contributed by atoms with Crippen molar-refractivity contribution in [2.75, 3.05) is 19.6 Å². The van der Waals surface area contributed by atoms with Crippen LogP contribution in [0.2, 0.25) is 0 Å². The number of nitrogens with zero attached hydrogens (tertiary/aromatic N) is 2. The van der Waals surface area contributed by atoms with Crippen LogP contribution >= 0.6 is 11.3 Å². The first-order chi connectivity index (χ1) is 14.7. The van der Waals surface area contributed by atoms with E-state index in [4.69, 9.17) is 0 Å². The molecule has 154 valence electrons. The summed E-state index contributed by atoms with van der Waals surface area (Å²) in [6.07, 6.45) is 0.958. The normalized spacial score (nSPS) is 24.0. The molecule has 1 aromatic heterocycles. The van der Waals surface area contributed by atoms with Crippen molar-refractivity contribution in [3.63, 3.8) is 0 Å². The lowest BCUT2D eigenvalue weighted by molar-refractivity contribution is 0.0614. The maximum atomic E-state index is 13.6. The standard InChI is InChI=1S/C25H25FN2OS/c26-21-8-4-5-18(13-21)14-27-11-9-24-23(15-27)22(20-10-12-30-17-20)16-28(24)25(29)19-6-2-1-3-7-19/h1-8,10,12-13,17,22-24H,9,11,14-16H2/t22-,23-,24-/m0/s1. The molecule has 5 heteroatoms. The molecule has 2 fully saturated rings. The van der Waals surface area contributed by atoms with Crippen LogP contribution in [0.25, 0.3) is 0 Å². The third-order valence-corrected chi connectivity index (χ3v) is 7.26. The fourth-order valence-electron chi connectivity index (χ4n) is 5.16. The van der Waals surface area contributed by atoms with E-state index in [1.165, 1.54) is 11.6 Å². The molecule has 3 nitrogen and oxygen atoms in total. The molecule has 3 aromatic rings. The highest BCUT2D eigenvalue weighted by Gasteiger charge is 2.47. The van der Waals surface area contributed by atoms with Crippen LogP contribution in [0, 0.1) is 11.7 Å². The molecule has 0 N–H and O–H groups in total. The Bertz CT molecular complexity index is 1010. The molecule has 2 aromatic carbocycles. The number of benzene rings is 2. The Morgan fingerprint density at radius 2 is 1.93 bits per heavy atom. The minimum atomic E-state index is -0.181.